The lowest BCUT2D eigenvalue weighted by Gasteiger charge is -1.84. The van der Waals surface area contributed by atoms with Gasteiger partial charge in [-0.15, -0.1) is 0 Å². The predicted octanol–water partition coefficient (Wildman–Crippen LogP) is 0.186. The maximum absolute atomic E-state index is 9.78. The van der Waals surface area contributed by atoms with Gasteiger partial charge in [-0.2, -0.15) is 0 Å². The summed E-state index contributed by atoms with van der Waals surface area (Å²) >= 11 is 5.02. The highest BCUT2D eigenvalue weighted by molar-refractivity contribution is 6.40. The second-order valence-corrected chi connectivity index (χ2v) is 1.45. The fraction of sp³-hybridized carbons (Fsp3) is 0.250. The van der Waals surface area contributed by atoms with Gasteiger partial charge < -0.3 is 10.2 Å². The van der Waals surface area contributed by atoms with Crippen molar-refractivity contribution in [2.24, 2.45) is 0 Å². The molecule has 0 saturated carbocycles. The minimum atomic E-state index is -1.22. The van der Waals surface area contributed by atoms with E-state index >= 15 is 0 Å². The van der Waals surface area contributed by atoms with Crippen molar-refractivity contribution < 1.29 is 15.0 Å². The highest BCUT2D eigenvalue weighted by Gasteiger charge is 1.98. The number of aliphatic carboxylic acids is 1. The van der Waals surface area contributed by atoms with Crippen LogP contribution in [0, 0.1) is 0 Å². The normalized spacial score (nSPS) is 11.5. The lowest BCUT2D eigenvalue weighted by molar-refractivity contribution is -0.131. The van der Waals surface area contributed by atoms with E-state index in [1.54, 1.807) is 0 Å². The van der Waals surface area contributed by atoms with E-state index in [1.807, 2.05) is 0 Å². The Kier molecular flexibility index (Phi) is 3.23. The molecule has 0 aliphatic heterocycles. The third kappa shape index (κ3) is 2.60. The Hall–Kier alpha value is -0.540. The van der Waals surface area contributed by atoms with Gasteiger partial charge in [0.05, 0.1) is 6.61 Å². The van der Waals surface area contributed by atoms with Crippen LogP contribution >= 0.6 is 11.6 Å². The molecular weight excluding hydrogens is 131 g/mol. The van der Waals surface area contributed by atoms with Crippen molar-refractivity contribution in [2.45, 2.75) is 0 Å². The summed E-state index contributed by atoms with van der Waals surface area (Å²) in [5, 5.41) is 15.7. The Morgan fingerprint density at radius 1 is 1.75 bits per heavy atom. The van der Waals surface area contributed by atoms with Crippen molar-refractivity contribution in [3.05, 3.63) is 11.1 Å². The van der Waals surface area contributed by atoms with E-state index in [0.717, 1.165) is 6.08 Å². The number of hydrogen-bond acceptors (Lipinski definition) is 2. The van der Waals surface area contributed by atoms with Crippen molar-refractivity contribution in [1.29, 1.82) is 0 Å². The monoisotopic (exact) mass is 136 g/mol. The average Bonchev–Trinajstić information content (AvgIpc) is 1.67. The van der Waals surface area contributed by atoms with E-state index in [9.17, 15) is 4.79 Å². The fourth-order valence-corrected chi connectivity index (χ4v) is 0.236. The Morgan fingerprint density at radius 2 is 2.25 bits per heavy atom. The predicted molar refractivity (Wildman–Crippen MR) is 28.7 cm³/mol. The lowest BCUT2D eigenvalue weighted by Crippen LogP contribution is -1.94. The molecule has 3 nitrogen and oxygen atoms in total. The van der Waals surface area contributed by atoms with Gasteiger partial charge in [-0.3, -0.25) is 0 Å². The summed E-state index contributed by atoms with van der Waals surface area (Å²) in [5.74, 6) is -1.22. The molecule has 0 saturated heterocycles. The van der Waals surface area contributed by atoms with Gasteiger partial charge in [-0.1, -0.05) is 11.6 Å². The minimum Gasteiger partial charge on any atom is -0.477 e. The van der Waals surface area contributed by atoms with Crippen LogP contribution in [-0.2, 0) is 4.79 Å². The van der Waals surface area contributed by atoms with Crippen molar-refractivity contribution in [2.75, 3.05) is 6.61 Å². The molecule has 0 atom stereocenters. The molecule has 0 aromatic heterocycles. The quantitative estimate of drug-likeness (QED) is 0.533. The maximum Gasteiger partial charge on any atom is 0.347 e. The van der Waals surface area contributed by atoms with Gasteiger partial charge in [-0.25, -0.2) is 4.79 Å². The van der Waals surface area contributed by atoms with Gasteiger partial charge >= 0.3 is 5.97 Å². The molecule has 0 aromatic rings. The first-order valence-corrected chi connectivity index (χ1v) is 2.26. The van der Waals surface area contributed by atoms with E-state index in [4.69, 9.17) is 21.8 Å². The lowest BCUT2D eigenvalue weighted by atomic mass is 10.5. The first kappa shape index (κ1) is 7.46. The van der Waals surface area contributed by atoms with E-state index in [-0.39, 0.29) is 11.6 Å². The summed E-state index contributed by atoms with van der Waals surface area (Å²) in [5.41, 5.74) is 0. The standard InChI is InChI=1S/C4H5ClO3/c5-3(1-2-6)4(7)8/h1,6H,2H2,(H,7,8)/b3-1+. The molecule has 0 amide bonds. The summed E-state index contributed by atoms with van der Waals surface area (Å²) < 4.78 is 0. The number of rotatable bonds is 2. The van der Waals surface area contributed by atoms with Crippen LogP contribution in [0.2, 0.25) is 0 Å². The van der Waals surface area contributed by atoms with Gasteiger partial charge in [-0.05, 0) is 6.08 Å². The molecule has 0 radical (unpaired) electrons. The molecule has 2 N–H and O–H groups in total. The van der Waals surface area contributed by atoms with Gasteiger partial charge in [0, 0.05) is 0 Å². The van der Waals surface area contributed by atoms with Crippen LogP contribution in [0.3, 0.4) is 0 Å². The van der Waals surface area contributed by atoms with Gasteiger partial charge in [0.1, 0.15) is 5.03 Å². The van der Waals surface area contributed by atoms with Crippen LogP contribution in [-0.4, -0.2) is 22.8 Å². The van der Waals surface area contributed by atoms with Crippen LogP contribution in [0.25, 0.3) is 0 Å². The number of carbonyl (C=O) groups is 1. The van der Waals surface area contributed by atoms with E-state index in [1.165, 1.54) is 0 Å². The van der Waals surface area contributed by atoms with E-state index in [0.29, 0.717) is 0 Å². The zero-order valence-electron chi connectivity index (χ0n) is 3.97. The van der Waals surface area contributed by atoms with Crippen LogP contribution in [0.15, 0.2) is 11.1 Å². The van der Waals surface area contributed by atoms with Crippen molar-refractivity contribution in [3.8, 4) is 0 Å². The Labute approximate surface area is 51.2 Å². The molecule has 0 aliphatic carbocycles. The molecule has 0 rings (SSSR count). The molecule has 4 heteroatoms. The molecule has 0 spiro atoms. The Morgan fingerprint density at radius 3 is 2.38 bits per heavy atom. The van der Waals surface area contributed by atoms with Gasteiger partial charge in [0.2, 0.25) is 0 Å². The second kappa shape index (κ2) is 3.46. The molecule has 0 aromatic carbocycles. The minimum absolute atomic E-state index is 0.342. The Bertz CT molecular complexity index is 118. The average molecular weight is 137 g/mol. The molecule has 0 heterocycles. The van der Waals surface area contributed by atoms with Crippen molar-refractivity contribution in [3.63, 3.8) is 0 Å². The van der Waals surface area contributed by atoms with Crippen molar-refractivity contribution >= 4 is 17.6 Å². The Balaban J connectivity index is 3.80. The molecule has 8 heavy (non-hydrogen) atoms. The summed E-state index contributed by atoms with van der Waals surface area (Å²) in [7, 11) is 0. The number of aliphatic hydroxyl groups excluding tert-OH is 1. The second-order valence-electron chi connectivity index (χ2n) is 1.04. The highest BCUT2D eigenvalue weighted by Crippen LogP contribution is 1.98. The summed E-state index contributed by atoms with van der Waals surface area (Å²) in [6.45, 7) is -0.342. The first-order valence-electron chi connectivity index (χ1n) is 1.88. The van der Waals surface area contributed by atoms with Crippen LogP contribution < -0.4 is 0 Å². The number of carboxylic acid groups (broad SMARTS) is 1. The zero-order valence-corrected chi connectivity index (χ0v) is 4.72. The maximum atomic E-state index is 9.78. The third-order valence-electron chi connectivity index (χ3n) is 0.475. The van der Waals surface area contributed by atoms with Crippen LogP contribution in [0.4, 0.5) is 0 Å². The highest BCUT2D eigenvalue weighted by atomic mass is 35.5. The zero-order chi connectivity index (χ0) is 6.57. The number of halogens is 1. The molecule has 0 fully saturated rings. The summed E-state index contributed by atoms with van der Waals surface area (Å²) in [4.78, 5) is 9.78. The number of carboxylic acids is 1. The molecule has 0 unspecified atom stereocenters. The largest absolute Gasteiger partial charge is 0.477 e. The van der Waals surface area contributed by atoms with Crippen molar-refractivity contribution in [1.82, 2.24) is 0 Å². The van der Waals surface area contributed by atoms with Gasteiger partial charge in [0.25, 0.3) is 0 Å². The fourth-order valence-electron chi connectivity index (χ4n) is 0.167. The van der Waals surface area contributed by atoms with Gasteiger partial charge in [0.15, 0.2) is 0 Å². The molecule has 0 bridgehead atoms. The SMILES string of the molecule is O=C(O)/C(Cl)=C\CO. The first-order chi connectivity index (χ1) is 3.68. The summed E-state index contributed by atoms with van der Waals surface area (Å²) in [6.07, 6.45) is 1.00. The number of hydrogen-bond donors (Lipinski definition) is 2. The van der Waals surface area contributed by atoms with Crippen LogP contribution in [0.5, 0.6) is 0 Å². The summed E-state index contributed by atoms with van der Waals surface area (Å²) in [6, 6.07) is 0. The van der Waals surface area contributed by atoms with E-state index < -0.39 is 5.97 Å². The third-order valence-corrected chi connectivity index (χ3v) is 0.791. The molecule has 46 valence electrons. The topological polar surface area (TPSA) is 57.5 Å². The molecular formula is C4H5ClO3. The van der Waals surface area contributed by atoms with E-state index in [2.05, 4.69) is 0 Å². The number of aliphatic hydroxyl groups is 1. The smallest absolute Gasteiger partial charge is 0.347 e. The molecule has 0 aliphatic rings. The van der Waals surface area contributed by atoms with Crippen LogP contribution in [0.1, 0.15) is 0 Å².